The fourth-order valence-corrected chi connectivity index (χ4v) is 4.46. The van der Waals surface area contributed by atoms with Gasteiger partial charge in [0.25, 0.3) is 5.91 Å². The third kappa shape index (κ3) is 2.59. The first kappa shape index (κ1) is 17.7. The van der Waals surface area contributed by atoms with E-state index < -0.39 is 0 Å². The first-order valence-corrected chi connectivity index (χ1v) is 9.70. The van der Waals surface area contributed by atoms with Gasteiger partial charge in [0.15, 0.2) is 0 Å². The maximum atomic E-state index is 13.5. The molecule has 148 valence electrons. The van der Waals surface area contributed by atoms with Crippen molar-refractivity contribution < 1.29 is 14.3 Å². The number of rotatable bonds is 3. The summed E-state index contributed by atoms with van der Waals surface area (Å²) in [5.74, 6) is 1.47. The highest BCUT2D eigenvalue weighted by molar-refractivity contribution is 6.02. The van der Waals surface area contributed by atoms with Crippen LogP contribution in [0.4, 0.5) is 0 Å². The molecule has 5 rings (SSSR count). The predicted octanol–water partition coefficient (Wildman–Crippen LogP) is 3.88. The van der Waals surface area contributed by atoms with Gasteiger partial charge in [-0.3, -0.25) is 4.79 Å². The normalized spacial score (nSPS) is 13.7. The van der Waals surface area contributed by atoms with Gasteiger partial charge in [0, 0.05) is 54.1 Å². The molecule has 4 aromatic rings. The van der Waals surface area contributed by atoms with Gasteiger partial charge in [0.2, 0.25) is 0 Å². The minimum atomic E-state index is 0.0173. The second kappa shape index (κ2) is 6.58. The topological polar surface area (TPSA) is 59.5 Å². The van der Waals surface area contributed by atoms with E-state index in [9.17, 15) is 4.79 Å². The Morgan fingerprint density at radius 3 is 2.59 bits per heavy atom. The molecule has 0 saturated carbocycles. The summed E-state index contributed by atoms with van der Waals surface area (Å²) in [5, 5.41) is 2.07. The lowest BCUT2D eigenvalue weighted by atomic mass is 10.0. The number of hydrogen-bond acceptors (Lipinski definition) is 3. The minimum absolute atomic E-state index is 0.0173. The van der Waals surface area contributed by atoms with Crippen molar-refractivity contribution in [2.45, 2.75) is 13.0 Å². The van der Waals surface area contributed by atoms with E-state index in [1.807, 2.05) is 46.8 Å². The van der Waals surface area contributed by atoms with Crippen LogP contribution in [0.1, 0.15) is 21.7 Å². The molecule has 0 atom stereocenters. The highest BCUT2D eigenvalue weighted by atomic mass is 16.5. The number of nitrogens with zero attached hydrogens (tertiary/aromatic N) is 2. The number of benzene rings is 2. The van der Waals surface area contributed by atoms with Crippen LogP contribution < -0.4 is 9.47 Å². The van der Waals surface area contributed by atoms with Crippen LogP contribution in [0.3, 0.4) is 0 Å². The molecule has 1 N–H and O–H groups in total. The van der Waals surface area contributed by atoms with Gasteiger partial charge < -0.3 is 23.9 Å². The molecule has 0 saturated heterocycles. The molecule has 0 fully saturated rings. The number of ether oxygens (including phenoxy) is 2. The molecule has 0 unspecified atom stereocenters. The molecule has 3 heterocycles. The fraction of sp³-hybridized carbons (Fsp3) is 0.261. The molecule has 0 aliphatic carbocycles. The van der Waals surface area contributed by atoms with Gasteiger partial charge in [-0.15, -0.1) is 0 Å². The lowest BCUT2D eigenvalue weighted by Gasteiger charge is -2.27. The molecule has 29 heavy (non-hydrogen) atoms. The molecule has 6 nitrogen and oxygen atoms in total. The van der Waals surface area contributed by atoms with Crippen molar-refractivity contribution in [1.29, 1.82) is 0 Å². The van der Waals surface area contributed by atoms with Crippen LogP contribution in [0, 0.1) is 0 Å². The number of carbonyl (C=O) groups is 1. The number of aromatic amines is 1. The van der Waals surface area contributed by atoms with Gasteiger partial charge in [-0.2, -0.15) is 0 Å². The highest BCUT2D eigenvalue weighted by Gasteiger charge is 2.27. The second-order valence-corrected chi connectivity index (χ2v) is 7.43. The zero-order chi connectivity index (χ0) is 20.1. The van der Waals surface area contributed by atoms with Crippen LogP contribution in [0.25, 0.3) is 21.8 Å². The highest BCUT2D eigenvalue weighted by Crippen LogP contribution is 2.36. The number of fused-ring (bicyclic) bond motifs is 4. The Bertz CT molecular complexity index is 1250. The third-order valence-electron chi connectivity index (χ3n) is 5.95. The van der Waals surface area contributed by atoms with E-state index in [4.69, 9.17) is 9.47 Å². The molecule has 1 amide bonds. The van der Waals surface area contributed by atoms with Crippen molar-refractivity contribution in [2.24, 2.45) is 7.05 Å². The van der Waals surface area contributed by atoms with Crippen LogP contribution in [-0.4, -0.2) is 41.1 Å². The summed E-state index contributed by atoms with van der Waals surface area (Å²) < 4.78 is 12.9. The SMILES string of the molecule is COc1ccc(OC)c2c1cc(C(=O)N1CCc3[nH]c4ccccc4c3C1)n2C. The Morgan fingerprint density at radius 2 is 1.79 bits per heavy atom. The maximum absolute atomic E-state index is 13.5. The zero-order valence-electron chi connectivity index (χ0n) is 16.8. The summed E-state index contributed by atoms with van der Waals surface area (Å²) in [6.07, 6.45) is 0.826. The number of aryl methyl sites for hydroxylation is 1. The van der Waals surface area contributed by atoms with E-state index >= 15 is 0 Å². The average Bonchev–Trinajstić information content (AvgIpc) is 3.30. The van der Waals surface area contributed by atoms with Gasteiger partial charge in [0.1, 0.15) is 17.2 Å². The molecule has 6 heteroatoms. The van der Waals surface area contributed by atoms with Crippen LogP contribution in [-0.2, 0) is 20.0 Å². The zero-order valence-corrected chi connectivity index (χ0v) is 16.8. The summed E-state index contributed by atoms with van der Waals surface area (Å²) in [5.41, 5.74) is 5.07. The molecular formula is C23H23N3O3. The van der Waals surface area contributed by atoms with Crippen molar-refractivity contribution in [3.63, 3.8) is 0 Å². The summed E-state index contributed by atoms with van der Waals surface area (Å²) >= 11 is 0. The summed E-state index contributed by atoms with van der Waals surface area (Å²) in [6, 6.07) is 13.9. The van der Waals surface area contributed by atoms with Crippen molar-refractivity contribution in [3.05, 3.63) is 59.4 Å². The van der Waals surface area contributed by atoms with Crippen molar-refractivity contribution in [3.8, 4) is 11.5 Å². The van der Waals surface area contributed by atoms with Crippen LogP contribution in [0.2, 0.25) is 0 Å². The Hall–Kier alpha value is -3.41. The number of para-hydroxylation sites is 1. The number of nitrogens with one attached hydrogen (secondary N) is 1. The van der Waals surface area contributed by atoms with Gasteiger partial charge in [0.05, 0.1) is 19.7 Å². The first-order chi connectivity index (χ1) is 14.1. The fourth-order valence-electron chi connectivity index (χ4n) is 4.46. The van der Waals surface area contributed by atoms with Crippen LogP contribution in [0.5, 0.6) is 11.5 Å². The smallest absolute Gasteiger partial charge is 0.270 e. The number of aromatic nitrogens is 2. The molecule has 0 bridgehead atoms. The first-order valence-electron chi connectivity index (χ1n) is 9.70. The molecule has 2 aromatic heterocycles. The number of methoxy groups -OCH3 is 2. The quantitative estimate of drug-likeness (QED) is 0.579. The second-order valence-electron chi connectivity index (χ2n) is 7.43. The average molecular weight is 389 g/mol. The number of H-pyrrole nitrogens is 1. The Morgan fingerprint density at radius 1 is 1.03 bits per heavy atom. The Kier molecular flexibility index (Phi) is 4.01. The maximum Gasteiger partial charge on any atom is 0.270 e. The number of carbonyl (C=O) groups excluding carboxylic acids is 1. The minimum Gasteiger partial charge on any atom is -0.496 e. The molecule has 2 aromatic carbocycles. The molecule has 0 radical (unpaired) electrons. The Balaban J connectivity index is 1.56. The van der Waals surface area contributed by atoms with E-state index in [1.165, 1.54) is 16.6 Å². The number of hydrogen-bond donors (Lipinski definition) is 1. The summed E-state index contributed by atoms with van der Waals surface area (Å²) in [4.78, 5) is 18.9. The van der Waals surface area contributed by atoms with Crippen LogP contribution >= 0.6 is 0 Å². The monoisotopic (exact) mass is 389 g/mol. The van der Waals surface area contributed by atoms with Gasteiger partial charge in [-0.05, 0) is 24.3 Å². The summed E-state index contributed by atoms with van der Waals surface area (Å²) in [7, 11) is 5.18. The van der Waals surface area contributed by atoms with Crippen molar-refractivity contribution >= 4 is 27.7 Å². The number of amides is 1. The van der Waals surface area contributed by atoms with E-state index in [0.29, 0.717) is 18.8 Å². The lowest BCUT2D eigenvalue weighted by molar-refractivity contribution is 0.0726. The van der Waals surface area contributed by atoms with Crippen LogP contribution in [0.15, 0.2) is 42.5 Å². The lowest BCUT2D eigenvalue weighted by Crippen LogP contribution is -2.36. The van der Waals surface area contributed by atoms with E-state index in [-0.39, 0.29) is 5.91 Å². The Labute approximate surface area is 168 Å². The predicted molar refractivity (Wildman–Crippen MR) is 113 cm³/mol. The van der Waals surface area contributed by atoms with Gasteiger partial charge in [-0.25, -0.2) is 0 Å². The molecule has 0 spiro atoms. The van der Waals surface area contributed by atoms with Gasteiger partial charge >= 0.3 is 0 Å². The third-order valence-corrected chi connectivity index (χ3v) is 5.95. The molecule has 1 aliphatic rings. The van der Waals surface area contributed by atoms with E-state index in [0.717, 1.165) is 34.3 Å². The van der Waals surface area contributed by atoms with E-state index in [1.54, 1.807) is 14.2 Å². The van der Waals surface area contributed by atoms with Crippen molar-refractivity contribution in [2.75, 3.05) is 20.8 Å². The standard InChI is InChI=1S/C23H23N3O3/c1-25-19(12-15-20(28-2)8-9-21(29-3)22(15)25)23(27)26-11-10-18-16(13-26)14-6-4-5-7-17(14)24-18/h4-9,12,24H,10-11,13H2,1-3H3. The van der Waals surface area contributed by atoms with E-state index in [2.05, 4.69) is 17.1 Å². The largest absolute Gasteiger partial charge is 0.496 e. The molecule has 1 aliphatic heterocycles. The van der Waals surface area contributed by atoms with Crippen molar-refractivity contribution in [1.82, 2.24) is 14.5 Å². The summed E-state index contributed by atoms with van der Waals surface area (Å²) in [6.45, 7) is 1.29. The van der Waals surface area contributed by atoms with Gasteiger partial charge in [-0.1, -0.05) is 18.2 Å². The molecular weight excluding hydrogens is 366 g/mol.